The van der Waals surface area contributed by atoms with Crippen LogP contribution in [0.4, 0.5) is 5.82 Å². The molecule has 4 rings (SSSR count). The Morgan fingerprint density at radius 2 is 1.79 bits per heavy atom. The first kappa shape index (κ1) is 21.7. The van der Waals surface area contributed by atoms with Gasteiger partial charge in [-0.15, -0.1) is 0 Å². The second-order valence-electron chi connectivity index (χ2n) is 7.34. The van der Waals surface area contributed by atoms with Gasteiger partial charge in [-0.2, -0.15) is 10.4 Å². The minimum absolute atomic E-state index is 0.234. The van der Waals surface area contributed by atoms with Gasteiger partial charge in [0.1, 0.15) is 5.82 Å². The highest BCUT2D eigenvalue weighted by Crippen LogP contribution is 2.28. The third kappa shape index (κ3) is 5.02. The summed E-state index contributed by atoms with van der Waals surface area (Å²) in [5, 5.41) is 16.6. The number of amides is 1. The van der Waals surface area contributed by atoms with Crippen LogP contribution in [0, 0.1) is 18.3 Å². The molecule has 0 aliphatic heterocycles. The van der Waals surface area contributed by atoms with Crippen LogP contribution in [0.1, 0.15) is 11.1 Å². The van der Waals surface area contributed by atoms with Gasteiger partial charge in [-0.25, -0.2) is 4.68 Å². The number of nitrogens with one attached hydrogen (secondary N) is 1. The van der Waals surface area contributed by atoms with Crippen molar-refractivity contribution in [2.45, 2.75) is 6.92 Å². The van der Waals surface area contributed by atoms with Crippen molar-refractivity contribution < 1.29 is 14.3 Å². The molecule has 7 heteroatoms. The summed E-state index contributed by atoms with van der Waals surface area (Å²) in [5.41, 5.74) is 4.11. The number of methoxy groups -OCH3 is 1. The lowest BCUT2D eigenvalue weighted by atomic mass is 10.1. The fourth-order valence-corrected chi connectivity index (χ4v) is 3.28. The van der Waals surface area contributed by atoms with Gasteiger partial charge in [0.05, 0.1) is 30.1 Å². The average molecular weight is 438 g/mol. The summed E-state index contributed by atoms with van der Waals surface area (Å²) < 4.78 is 12.6. The van der Waals surface area contributed by atoms with E-state index in [4.69, 9.17) is 19.8 Å². The van der Waals surface area contributed by atoms with Crippen molar-refractivity contribution in [1.82, 2.24) is 9.78 Å². The van der Waals surface area contributed by atoms with Gasteiger partial charge in [-0.3, -0.25) is 4.79 Å². The summed E-state index contributed by atoms with van der Waals surface area (Å²) in [4.78, 5) is 12.7. The normalized spacial score (nSPS) is 10.3. The van der Waals surface area contributed by atoms with Gasteiger partial charge in [0.2, 0.25) is 0 Å². The number of hydrogen-bond acceptors (Lipinski definition) is 5. The number of rotatable bonds is 7. The Morgan fingerprint density at radius 1 is 1.03 bits per heavy atom. The van der Waals surface area contributed by atoms with Crippen molar-refractivity contribution in [3.8, 4) is 34.5 Å². The fourth-order valence-electron chi connectivity index (χ4n) is 3.28. The monoisotopic (exact) mass is 438 g/mol. The van der Waals surface area contributed by atoms with E-state index in [2.05, 4.69) is 5.32 Å². The number of benzene rings is 3. The largest absolute Gasteiger partial charge is 0.493 e. The van der Waals surface area contributed by atoms with Gasteiger partial charge >= 0.3 is 0 Å². The summed E-state index contributed by atoms with van der Waals surface area (Å²) in [6.07, 6.45) is 0. The van der Waals surface area contributed by atoms with Gasteiger partial charge in [-0.05, 0) is 31.2 Å². The molecule has 0 spiro atoms. The molecule has 1 aromatic heterocycles. The Labute approximate surface area is 191 Å². The van der Waals surface area contributed by atoms with Crippen LogP contribution in [0.15, 0.2) is 78.9 Å². The zero-order valence-corrected chi connectivity index (χ0v) is 18.3. The van der Waals surface area contributed by atoms with Crippen LogP contribution >= 0.6 is 0 Å². The first-order valence-electron chi connectivity index (χ1n) is 10.3. The number of carbonyl (C=O) groups is 1. The fraction of sp³-hybridized carbons (Fsp3) is 0.115. The first-order valence-corrected chi connectivity index (χ1v) is 10.3. The molecule has 0 saturated carbocycles. The number of ether oxygens (including phenoxy) is 2. The summed E-state index contributed by atoms with van der Waals surface area (Å²) >= 11 is 0. The van der Waals surface area contributed by atoms with Gasteiger partial charge in [-0.1, -0.05) is 48.0 Å². The molecular weight excluding hydrogens is 416 g/mol. The molecule has 0 bridgehead atoms. The number of aryl methyl sites for hydroxylation is 1. The number of nitriles is 1. The van der Waals surface area contributed by atoms with Crippen LogP contribution in [-0.4, -0.2) is 29.4 Å². The van der Waals surface area contributed by atoms with Crippen LogP contribution < -0.4 is 14.8 Å². The van der Waals surface area contributed by atoms with E-state index < -0.39 is 0 Å². The van der Waals surface area contributed by atoms with Crippen molar-refractivity contribution in [3.05, 3.63) is 90.0 Å². The smallest absolute Gasteiger partial charge is 0.263 e. The Balaban J connectivity index is 1.56. The molecule has 3 aromatic carbocycles. The highest BCUT2D eigenvalue weighted by molar-refractivity contribution is 5.92. The van der Waals surface area contributed by atoms with Gasteiger partial charge in [0.15, 0.2) is 18.1 Å². The minimum atomic E-state index is -0.353. The third-order valence-corrected chi connectivity index (χ3v) is 4.98. The molecule has 164 valence electrons. The third-order valence-electron chi connectivity index (χ3n) is 4.98. The van der Waals surface area contributed by atoms with Crippen LogP contribution in [0.5, 0.6) is 11.5 Å². The van der Waals surface area contributed by atoms with Crippen molar-refractivity contribution in [1.29, 1.82) is 5.26 Å². The van der Waals surface area contributed by atoms with Crippen molar-refractivity contribution >= 4 is 11.7 Å². The topological polar surface area (TPSA) is 89.2 Å². The Hall–Kier alpha value is -4.57. The second kappa shape index (κ2) is 9.71. The number of carbonyl (C=O) groups excluding carboxylic acids is 1. The molecule has 1 amide bonds. The highest BCUT2D eigenvalue weighted by atomic mass is 16.5. The molecule has 7 nitrogen and oxygen atoms in total. The lowest BCUT2D eigenvalue weighted by molar-refractivity contribution is -0.118. The molecular formula is C26H22N4O3. The predicted octanol–water partition coefficient (Wildman–Crippen LogP) is 4.75. The maximum atomic E-state index is 12.7. The van der Waals surface area contributed by atoms with E-state index in [1.165, 1.54) is 7.11 Å². The lowest BCUT2D eigenvalue weighted by Gasteiger charge is -2.12. The standard InChI is InChI=1S/C26H22N4O3/c1-18-8-11-20(12-9-18)22-15-25(30(29-22)21-6-4-3-5-7-21)28-26(31)17-33-23-13-10-19(16-27)14-24(23)32-2/h3-15H,17H2,1-2H3,(H,28,31). The molecule has 0 aliphatic carbocycles. The SMILES string of the molecule is COc1cc(C#N)ccc1OCC(=O)Nc1cc(-c2ccc(C)cc2)nn1-c1ccccc1. The zero-order valence-electron chi connectivity index (χ0n) is 18.3. The summed E-state index contributed by atoms with van der Waals surface area (Å²) in [6, 6.07) is 26.3. The van der Waals surface area contributed by atoms with E-state index in [0.717, 1.165) is 22.5 Å². The molecule has 4 aromatic rings. The Bertz CT molecular complexity index is 1310. The van der Waals surface area contributed by atoms with Gasteiger partial charge < -0.3 is 14.8 Å². The zero-order chi connectivity index (χ0) is 23.2. The first-order chi connectivity index (χ1) is 16.1. The minimum Gasteiger partial charge on any atom is -0.493 e. The lowest BCUT2D eigenvalue weighted by Crippen LogP contribution is -2.22. The number of aromatic nitrogens is 2. The molecule has 0 fully saturated rings. The Morgan fingerprint density at radius 3 is 2.48 bits per heavy atom. The summed E-state index contributed by atoms with van der Waals surface area (Å²) in [7, 11) is 1.48. The van der Waals surface area contributed by atoms with E-state index in [-0.39, 0.29) is 12.5 Å². The van der Waals surface area contributed by atoms with Crippen molar-refractivity contribution in [2.24, 2.45) is 0 Å². The molecule has 1 heterocycles. The maximum Gasteiger partial charge on any atom is 0.263 e. The van der Waals surface area contributed by atoms with Gasteiger partial charge in [0, 0.05) is 17.7 Å². The van der Waals surface area contributed by atoms with Crippen molar-refractivity contribution in [3.63, 3.8) is 0 Å². The number of nitrogens with zero attached hydrogens (tertiary/aromatic N) is 3. The molecule has 0 aliphatic rings. The maximum absolute atomic E-state index is 12.7. The Kier molecular flexibility index (Phi) is 6.37. The highest BCUT2D eigenvalue weighted by Gasteiger charge is 2.15. The van der Waals surface area contributed by atoms with E-state index in [9.17, 15) is 4.79 Å². The van der Waals surface area contributed by atoms with Crippen LogP contribution in [-0.2, 0) is 4.79 Å². The van der Waals surface area contributed by atoms with Crippen LogP contribution in [0.25, 0.3) is 16.9 Å². The predicted molar refractivity (Wildman–Crippen MR) is 126 cm³/mol. The van der Waals surface area contributed by atoms with Crippen LogP contribution in [0.2, 0.25) is 0 Å². The molecule has 1 N–H and O–H groups in total. The summed E-state index contributed by atoms with van der Waals surface area (Å²) in [5.74, 6) is 0.938. The number of para-hydroxylation sites is 1. The van der Waals surface area contributed by atoms with E-state index in [1.54, 1.807) is 22.9 Å². The molecule has 0 saturated heterocycles. The molecule has 0 atom stereocenters. The molecule has 0 radical (unpaired) electrons. The molecule has 0 unspecified atom stereocenters. The van der Waals surface area contributed by atoms with E-state index in [0.29, 0.717) is 22.9 Å². The second-order valence-corrected chi connectivity index (χ2v) is 7.34. The van der Waals surface area contributed by atoms with E-state index >= 15 is 0 Å². The summed E-state index contributed by atoms with van der Waals surface area (Å²) in [6.45, 7) is 1.79. The quantitative estimate of drug-likeness (QED) is 0.450. The van der Waals surface area contributed by atoms with E-state index in [1.807, 2.05) is 73.7 Å². The number of anilines is 1. The average Bonchev–Trinajstić information content (AvgIpc) is 3.27. The van der Waals surface area contributed by atoms with Crippen LogP contribution in [0.3, 0.4) is 0 Å². The number of hydrogen-bond donors (Lipinski definition) is 1. The molecule has 33 heavy (non-hydrogen) atoms. The van der Waals surface area contributed by atoms with Gasteiger partial charge in [0.25, 0.3) is 5.91 Å². The van der Waals surface area contributed by atoms with Crippen molar-refractivity contribution in [2.75, 3.05) is 19.0 Å².